The molecule has 0 saturated heterocycles. The first-order valence-corrected chi connectivity index (χ1v) is 6.53. The van der Waals surface area contributed by atoms with Crippen LogP contribution in [0.3, 0.4) is 0 Å². The average molecular weight is 269 g/mol. The molecule has 1 amide bonds. The SMILES string of the molecule is Cc1ccc(C(=O)NCc2ccnc(N(C)C)c2)cc1. The lowest BCUT2D eigenvalue weighted by atomic mass is 10.1. The van der Waals surface area contributed by atoms with Crippen LogP contribution in [0.2, 0.25) is 0 Å². The van der Waals surface area contributed by atoms with Gasteiger partial charge in [-0.1, -0.05) is 17.7 Å². The number of hydrogen-bond acceptors (Lipinski definition) is 3. The first kappa shape index (κ1) is 14.1. The van der Waals surface area contributed by atoms with Gasteiger partial charge in [0.2, 0.25) is 0 Å². The van der Waals surface area contributed by atoms with Crippen LogP contribution in [0.1, 0.15) is 21.5 Å². The van der Waals surface area contributed by atoms with E-state index in [0.717, 1.165) is 16.9 Å². The molecule has 4 nitrogen and oxygen atoms in total. The quantitative estimate of drug-likeness (QED) is 0.927. The molecule has 0 bridgehead atoms. The largest absolute Gasteiger partial charge is 0.363 e. The number of anilines is 1. The zero-order valence-corrected chi connectivity index (χ0v) is 12.1. The van der Waals surface area contributed by atoms with E-state index < -0.39 is 0 Å². The number of benzene rings is 1. The van der Waals surface area contributed by atoms with Crippen LogP contribution in [-0.2, 0) is 6.54 Å². The van der Waals surface area contributed by atoms with Gasteiger partial charge in [0, 0.05) is 32.4 Å². The minimum atomic E-state index is -0.0618. The Labute approximate surface area is 119 Å². The minimum Gasteiger partial charge on any atom is -0.363 e. The maximum Gasteiger partial charge on any atom is 0.251 e. The molecule has 2 rings (SSSR count). The van der Waals surface area contributed by atoms with Gasteiger partial charge >= 0.3 is 0 Å². The molecule has 0 aliphatic rings. The van der Waals surface area contributed by atoms with Gasteiger partial charge in [0.15, 0.2) is 0 Å². The number of carbonyl (C=O) groups is 1. The van der Waals surface area contributed by atoms with Crippen molar-refractivity contribution in [2.75, 3.05) is 19.0 Å². The summed E-state index contributed by atoms with van der Waals surface area (Å²) in [6, 6.07) is 11.4. The Morgan fingerprint density at radius 1 is 1.20 bits per heavy atom. The summed E-state index contributed by atoms with van der Waals surface area (Å²) in [5.41, 5.74) is 2.85. The number of nitrogens with zero attached hydrogens (tertiary/aromatic N) is 2. The van der Waals surface area contributed by atoms with Gasteiger partial charge in [0.25, 0.3) is 5.91 Å². The number of rotatable bonds is 4. The molecular weight excluding hydrogens is 250 g/mol. The molecule has 0 fully saturated rings. The predicted octanol–water partition coefficient (Wildman–Crippen LogP) is 2.39. The molecule has 0 saturated carbocycles. The van der Waals surface area contributed by atoms with Crippen LogP contribution >= 0.6 is 0 Å². The first-order valence-electron chi connectivity index (χ1n) is 6.53. The lowest BCUT2D eigenvalue weighted by molar-refractivity contribution is 0.0951. The van der Waals surface area contributed by atoms with E-state index in [4.69, 9.17) is 0 Å². The minimum absolute atomic E-state index is 0.0618. The number of hydrogen-bond donors (Lipinski definition) is 1. The summed E-state index contributed by atoms with van der Waals surface area (Å²) in [6.45, 7) is 2.50. The highest BCUT2D eigenvalue weighted by molar-refractivity contribution is 5.94. The molecule has 0 spiro atoms. The van der Waals surface area contributed by atoms with Crippen molar-refractivity contribution >= 4 is 11.7 Å². The smallest absolute Gasteiger partial charge is 0.251 e. The fraction of sp³-hybridized carbons (Fsp3) is 0.250. The van der Waals surface area contributed by atoms with Crippen LogP contribution in [0.25, 0.3) is 0 Å². The fourth-order valence-corrected chi connectivity index (χ4v) is 1.80. The van der Waals surface area contributed by atoms with E-state index in [1.54, 1.807) is 6.20 Å². The normalized spacial score (nSPS) is 10.2. The summed E-state index contributed by atoms with van der Waals surface area (Å²) in [4.78, 5) is 18.2. The topological polar surface area (TPSA) is 45.2 Å². The van der Waals surface area contributed by atoms with Crippen molar-refractivity contribution in [2.24, 2.45) is 0 Å². The van der Waals surface area contributed by atoms with Crippen LogP contribution in [-0.4, -0.2) is 25.0 Å². The number of carbonyl (C=O) groups excluding carboxylic acids is 1. The number of aromatic nitrogens is 1. The summed E-state index contributed by atoms with van der Waals surface area (Å²) in [5, 5.41) is 2.92. The molecule has 104 valence electrons. The van der Waals surface area contributed by atoms with E-state index in [-0.39, 0.29) is 5.91 Å². The van der Waals surface area contributed by atoms with Crippen LogP contribution in [0.15, 0.2) is 42.6 Å². The Morgan fingerprint density at radius 2 is 1.90 bits per heavy atom. The van der Waals surface area contributed by atoms with Gasteiger partial charge in [-0.05, 0) is 36.8 Å². The highest BCUT2D eigenvalue weighted by Crippen LogP contribution is 2.09. The van der Waals surface area contributed by atoms with Gasteiger partial charge < -0.3 is 10.2 Å². The van der Waals surface area contributed by atoms with Crippen molar-refractivity contribution in [1.82, 2.24) is 10.3 Å². The Kier molecular flexibility index (Phi) is 4.35. The number of nitrogens with one attached hydrogen (secondary N) is 1. The maximum absolute atomic E-state index is 12.0. The zero-order chi connectivity index (χ0) is 14.5. The average Bonchev–Trinajstić information content (AvgIpc) is 2.46. The van der Waals surface area contributed by atoms with Crippen molar-refractivity contribution < 1.29 is 4.79 Å². The Hall–Kier alpha value is -2.36. The van der Waals surface area contributed by atoms with E-state index in [1.165, 1.54) is 0 Å². The van der Waals surface area contributed by atoms with Crippen LogP contribution in [0.4, 0.5) is 5.82 Å². The van der Waals surface area contributed by atoms with Crippen molar-refractivity contribution in [3.8, 4) is 0 Å². The molecule has 0 atom stereocenters. The van der Waals surface area contributed by atoms with Crippen LogP contribution < -0.4 is 10.2 Å². The molecule has 0 radical (unpaired) electrons. The molecule has 1 aromatic carbocycles. The standard InChI is InChI=1S/C16H19N3O/c1-12-4-6-14(7-5-12)16(20)18-11-13-8-9-17-15(10-13)19(2)3/h4-10H,11H2,1-3H3,(H,18,20). The summed E-state index contributed by atoms with van der Waals surface area (Å²) in [7, 11) is 3.88. The third kappa shape index (κ3) is 3.57. The number of pyridine rings is 1. The van der Waals surface area contributed by atoms with E-state index in [1.807, 2.05) is 62.3 Å². The molecule has 2 aromatic rings. The van der Waals surface area contributed by atoms with E-state index >= 15 is 0 Å². The van der Waals surface area contributed by atoms with Gasteiger partial charge in [-0.3, -0.25) is 4.79 Å². The van der Waals surface area contributed by atoms with Gasteiger partial charge in [-0.15, -0.1) is 0 Å². The lowest BCUT2D eigenvalue weighted by Crippen LogP contribution is -2.23. The molecule has 1 N–H and O–H groups in total. The third-order valence-corrected chi connectivity index (χ3v) is 3.03. The van der Waals surface area contributed by atoms with Crippen molar-refractivity contribution in [3.63, 3.8) is 0 Å². The van der Waals surface area contributed by atoms with Crippen LogP contribution in [0.5, 0.6) is 0 Å². The summed E-state index contributed by atoms with van der Waals surface area (Å²) < 4.78 is 0. The molecule has 20 heavy (non-hydrogen) atoms. The molecular formula is C16H19N3O. The van der Waals surface area contributed by atoms with Gasteiger partial charge in [0.1, 0.15) is 5.82 Å². The Morgan fingerprint density at radius 3 is 2.55 bits per heavy atom. The fourth-order valence-electron chi connectivity index (χ4n) is 1.80. The summed E-state index contributed by atoms with van der Waals surface area (Å²) in [5.74, 6) is 0.820. The van der Waals surface area contributed by atoms with E-state index in [2.05, 4.69) is 10.3 Å². The second-order valence-electron chi connectivity index (χ2n) is 4.97. The Bertz CT molecular complexity index is 591. The molecule has 4 heteroatoms. The Balaban J connectivity index is 1.99. The first-order chi connectivity index (χ1) is 9.56. The van der Waals surface area contributed by atoms with Crippen molar-refractivity contribution in [1.29, 1.82) is 0 Å². The zero-order valence-electron chi connectivity index (χ0n) is 12.1. The maximum atomic E-state index is 12.0. The second kappa shape index (κ2) is 6.19. The third-order valence-electron chi connectivity index (χ3n) is 3.03. The molecule has 0 unspecified atom stereocenters. The second-order valence-corrected chi connectivity index (χ2v) is 4.97. The highest BCUT2D eigenvalue weighted by atomic mass is 16.1. The predicted molar refractivity (Wildman–Crippen MR) is 80.9 cm³/mol. The molecule has 1 aromatic heterocycles. The van der Waals surface area contributed by atoms with Crippen LogP contribution in [0, 0.1) is 6.92 Å². The molecule has 1 heterocycles. The molecule has 0 aliphatic heterocycles. The van der Waals surface area contributed by atoms with E-state index in [9.17, 15) is 4.79 Å². The van der Waals surface area contributed by atoms with Gasteiger partial charge in [-0.2, -0.15) is 0 Å². The van der Waals surface area contributed by atoms with Crippen molar-refractivity contribution in [3.05, 3.63) is 59.3 Å². The van der Waals surface area contributed by atoms with Gasteiger partial charge in [-0.25, -0.2) is 4.98 Å². The number of amides is 1. The monoisotopic (exact) mass is 269 g/mol. The van der Waals surface area contributed by atoms with E-state index in [0.29, 0.717) is 12.1 Å². The summed E-state index contributed by atoms with van der Waals surface area (Å²) >= 11 is 0. The number of aryl methyl sites for hydroxylation is 1. The molecule has 0 aliphatic carbocycles. The summed E-state index contributed by atoms with van der Waals surface area (Å²) in [6.07, 6.45) is 1.75. The lowest BCUT2D eigenvalue weighted by Gasteiger charge is -2.12. The highest BCUT2D eigenvalue weighted by Gasteiger charge is 2.05. The van der Waals surface area contributed by atoms with Gasteiger partial charge in [0.05, 0.1) is 0 Å². The van der Waals surface area contributed by atoms with Crippen molar-refractivity contribution in [2.45, 2.75) is 13.5 Å².